The molecule has 120 valence electrons. The molecule has 0 aliphatic rings. The third-order valence-corrected chi connectivity index (χ3v) is 3.67. The summed E-state index contributed by atoms with van der Waals surface area (Å²) in [5.74, 6) is -2.60. The normalized spacial score (nSPS) is 11.1. The molecule has 0 radical (unpaired) electrons. The zero-order valence-electron chi connectivity index (χ0n) is 13.0. The Hall–Kier alpha value is -1.19. The molecule has 4 heteroatoms. The minimum absolute atomic E-state index is 0.0394. The van der Waals surface area contributed by atoms with Crippen molar-refractivity contribution in [3.05, 3.63) is 29.6 Å². The van der Waals surface area contributed by atoms with Crippen LogP contribution in [0, 0.1) is 17.5 Å². The van der Waals surface area contributed by atoms with Crippen molar-refractivity contribution in [3.8, 4) is 0 Å². The Morgan fingerprint density at radius 2 is 1.33 bits per heavy atom. The number of benzene rings is 1. The van der Waals surface area contributed by atoms with Gasteiger partial charge in [-0.25, -0.2) is 13.2 Å². The Morgan fingerprint density at radius 1 is 0.857 bits per heavy atom. The third-order valence-electron chi connectivity index (χ3n) is 3.67. The summed E-state index contributed by atoms with van der Waals surface area (Å²) < 4.78 is 40.3. The van der Waals surface area contributed by atoms with Crippen LogP contribution < -0.4 is 5.32 Å². The standard InChI is InChI=1S/C17H26F3N/c1-3-5-7-9-14(10-8-6-4-2)21-17-15(19)11-13(18)12-16(17)20/h11-12,14,21H,3-10H2,1-2H3. The summed E-state index contributed by atoms with van der Waals surface area (Å²) in [7, 11) is 0. The fraction of sp³-hybridized carbons (Fsp3) is 0.647. The zero-order chi connectivity index (χ0) is 15.7. The predicted octanol–water partition coefficient (Wildman–Crippen LogP) is 6.05. The molecule has 21 heavy (non-hydrogen) atoms. The first-order chi connectivity index (χ1) is 10.1. The van der Waals surface area contributed by atoms with E-state index in [1.54, 1.807) is 0 Å². The van der Waals surface area contributed by atoms with Gasteiger partial charge in [-0.2, -0.15) is 0 Å². The highest BCUT2D eigenvalue weighted by Gasteiger charge is 2.16. The summed E-state index contributed by atoms with van der Waals surface area (Å²) in [4.78, 5) is 0. The summed E-state index contributed by atoms with van der Waals surface area (Å²) in [5, 5.41) is 2.94. The molecule has 1 aromatic carbocycles. The largest absolute Gasteiger partial charge is 0.378 e. The van der Waals surface area contributed by atoms with Crippen molar-refractivity contribution in [1.82, 2.24) is 0 Å². The molecule has 0 heterocycles. The van der Waals surface area contributed by atoms with Crippen LogP contribution in [0.4, 0.5) is 18.9 Å². The van der Waals surface area contributed by atoms with Gasteiger partial charge in [0.2, 0.25) is 0 Å². The van der Waals surface area contributed by atoms with Gasteiger partial charge < -0.3 is 5.32 Å². The van der Waals surface area contributed by atoms with Crippen LogP contribution in [0.3, 0.4) is 0 Å². The fourth-order valence-electron chi connectivity index (χ4n) is 2.45. The number of nitrogens with one attached hydrogen (secondary N) is 1. The summed E-state index contributed by atoms with van der Waals surface area (Å²) in [6.45, 7) is 4.25. The molecule has 1 rings (SSSR count). The van der Waals surface area contributed by atoms with E-state index in [9.17, 15) is 13.2 Å². The molecular formula is C17H26F3N. The maximum absolute atomic E-state index is 13.7. The van der Waals surface area contributed by atoms with Crippen LogP contribution in [0.1, 0.15) is 65.2 Å². The fourth-order valence-corrected chi connectivity index (χ4v) is 2.45. The molecule has 0 aliphatic carbocycles. The van der Waals surface area contributed by atoms with Crippen molar-refractivity contribution in [2.45, 2.75) is 71.3 Å². The second-order valence-corrected chi connectivity index (χ2v) is 5.58. The van der Waals surface area contributed by atoms with Gasteiger partial charge in [0.25, 0.3) is 0 Å². The third kappa shape index (κ3) is 6.40. The van der Waals surface area contributed by atoms with Gasteiger partial charge in [0.05, 0.1) is 0 Å². The van der Waals surface area contributed by atoms with E-state index in [-0.39, 0.29) is 11.7 Å². The molecule has 0 saturated carbocycles. The maximum atomic E-state index is 13.7. The first kappa shape index (κ1) is 17.9. The molecule has 1 N–H and O–H groups in total. The zero-order valence-corrected chi connectivity index (χ0v) is 13.0. The Kier molecular flexibility index (Phi) is 8.24. The van der Waals surface area contributed by atoms with Crippen LogP contribution in [-0.2, 0) is 0 Å². The minimum atomic E-state index is -0.885. The van der Waals surface area contributed by atoms with Crippen LogP contribution >= 0.6 is 0 Å². The highest BCUT2D eigenvalue weighted by molar-refractivity contribution is 5.47. The average Bonchev–Trinajstić information content (AvgIpc) is 2.42. The van der Waals surface area contributed by atoms with Gasteiger partial charge in [0.1, 0.15) is 11.5 Å². The Bertz CT molecular complexity index is 387. The smallest absolute Gasteiger partial charge is 0.152 e. The average molecular weight is 301 g/mol. The molecule has 0 aliphatic heterocycles. The number of unbranched alkanes of at least 4 members (excludes halogenated alkanes) is 4. The number of rotatable bonds is 10. The molecular weight excluding hydrogens is 275 g/mol. The van der Waals surface area contributed by atoms with Crippen molar-refractivity contribution < 1.29 is 13.2 Å². The minimum Gasteiger partial charge on any atom is -0.378 e. The first-order valence-corrected chi connectivity index (χ1v) is 7.99. The van der Waals surface area contributed by atoms with Crippen molar-refractivity contribution >= 4 is 5.69 Å². The molecule has 0 bridgehead atoms. The van der Waals surface area contributed by atoms with Crippen molar-refractivity contribution in [2.24, 2.45) is 0 Å². The van der Waals surface area contributed by atoms with E-state index in [1.807, 2.05) is 0 Å². The second kappa shape index (κ2) is 9.69. The Morgan fingerprint density at radius 3 is 1.76 bits per heavy atom. The van der Waals surface area contributed by atoms with Gasteiger partial charge in [0.15, 0.2) is 11.6 Å². The molecule has 0 saturated heterocycles. The number of hydrogen-bond donors (Lipinski definition) is 1. The van der Waals surface area contributed by atoms with Gasteiger partial charge >= 0.3 is 0 Å². The van der Waals surface area contributed by atoms with Crippen LogP contribution in [-0.4, -0.2) is 6.04 Å². The summed E-state index contributed by atoms with van der Waals surface area (Å²) in [6.07, 6.45) is 8.28. The SMILES string of the molecule is CCCCCC(CCCCC)Nc1c(F)cc(F)cc1F. The van der Waals surface area contributed by atoms with E-state index >= 15 is 0 Å². The highest BCUT2D eigenvalue weighted by Crippen LogP contribution is 2.23. The van der Waals surface area contributed by atoms with Gasteiger partial charge in [-0.15, -0.1) is 0 Å². The molecule has 1 nitrogen and oxygen atoms in total. The molecule has 0 spiro atoms. The number of hydrogen-bond acceptors (Lipinski definition) is 1. The van der Waals surface area contributed by atoms with Crippen LogP contribution in [0.15, 0.2) is 12.1 Å². The molecule has 1 aromatic rings. The van der Waals surface area contributed by atoms with E-state index in [0.717, 1.165) is 63.5 Å². The maximum Gasteiger partial charge on any atom is 0.152 e. The lowest BCUT2D eigenvalue weighted by atomic mass is 10.0. The highest BCUT2D eigenvalue weighted by atomic mass is 19.1. The molecule has 0 amide bonds. The Labute approximate surface area is 125 Å². The lowest BCUT2D eigenvalue weighted by molar-refractivity contribution is 0.509. The van der Waals surface area contributed by atoms with Crippen molar-refractivity contribution in [3.63, 3.8) is 0 Å². The van der Waals surface area contributed by atoms with E-state index in [0.29, 0.717) is 0 Å². The first-order valence-electron chi connectivity index (χ1n) is 7.99. The predicted molar refractivity (Wildman–Crippen MR) is 82.0 cm³/mol. The van der Waals surface area contributed by atoms with Crippen LogP contribution in [0.5, 0.6) is 0 Å². The van der Waals surface area contributed by atoms with E-state index in [2.05, 4.69) is 19.2 Å². The Balaban J connectivity index is 2.69. The summed E-state index contributed by atoms with van der Waals surface area (Å²) >= 11 is 0. The van der Waals surface area contributed by atoms with E-state index in [1.165, 1.54) is 0 Å². The second-order valence-electron chi connectivity index (χ2n) is 5.58. The van der Waals surface area contributed by atoms with Crippen molar-refractivity contribution in [2.75, 3.05) is 5.32 Å². The number of anilines is 1. The van der Waals surface area contributed by atoms with Gasteiger partial charge in [-0.3, -0.25) is 0 Å². The lowest BCUT2D eigenvalue weighted by Gasteiger charge is -2.21. The monoisotopic (exact) mass is 301 g/mol. The van der Waals surface area contributed by atoms with Crippen molar-refractivity contribution in [1.29, 1.82) is 0 Å². The van der Waals surface area contributed by atoms with Crippen LogP contribution in [0.25, 0.3) is 0 Å². The van der Waals surface area contributed by atoms with Gasteiger partial charge in [-0.1, -0.05) is 52.4 Å². The van der Waals surface area contributed by atoms with E-state index < -0.39 is 17.5 Å². The quantitative estimate of drug-likeness (QED) is 0.519. The molecule has 0 unspecified atom stereocenters. The van der Waals surface area contributed by atoms with Gasteiger partial charge in [-0.05, 0) is 12.8 Å². The summed E-state index contributed by atoms with van der Waals surface area (Å²) in [6, 6.07) is 1.48. The van der Waals surface area contributed by atoms with Gasteiger partial charge in [0, 0.05) is 18.2 Å². The summed E-state index contributed by atoms with van der Waals surface area (Å²) in [5.41, 5.74) is -0.200. The number of halogens is 3. The topological polar surface area (TPSA) is 12.0 Å². The molecule has 0 fully saturated rings. The molecule has 0 atom stereocenters. The molecule has 0 aromatic heterocycles. The van der Waals surface area contributed by atoms with Crippen LogP contribution in [0.2, 0.25) is 0 Å². The lowest BCUT2D eigenvalue weighted by Crippen LogP contribution is -2.21. The van der Waals surface area contributed by atoms with E-state index in [4.69, 9.17) is 0 Å².